The summed E-state index contributed by atoms with van der Waals surface area (Å²) in [5.41, 5.74) is -3.53. The van der Waals surface area contributed by atoms with Crippen LogP contribution in [0.3, 0.4) is 0 Å². The molecule has 2 aromatic carbocycles. The Kier molecular flexibility index (Phi) is 4.39. The van der Waals surface area contributed by atoms with Crippen molar-refractivity contribution in [2.45, 2.75) is 12.4 Å². The molecule has 1 heterocycles. The van der Waals surface area contributed by atoms with Crippen molar-refractivity contribution in [3.8, 4) is 28.5 Å². The molecule has 1 N–H and O–H groups in total. The van der Waals surface area contributed by atoms with Gasteiger partial charge in [-0.05, 0) is 35.4 Å². The number of hydrogen-bond acceptors (Lipinski definition) is 3. The molecule has 0 atom stereocenters. The second-order valence-electron chi connectivity index (χ2n) is 5.49. The summed E-state index contributed by atoms with van der Waals surface area (Å²) in [5.74, 6) is 0. The number of benzene rings is 2. The van der Waals surface area contributed by atoms with Crippen LogP contribution in [0.5, 0.6) is 0 Å². The number of nitrogens with one attached hydrogen (secondary N) is 1. The number of rotatable bonds is 2. The summed E-state index contributed by atoms with van der Waals surface area (Å²) in [6.07, 6.45) is -9.56. The van der Waals surface area contributed by atoms with Crippen LogP contribution in [0.4, 0.5) is 26.3 Å². The molecule has 27 heavy (non-hydrogen) atoms. The van der Waals surface area contributed by atoms with E-state index in [0.717, 1.165) is 24.3 Å². The average Bonchev–Trinajstić information content (AvgIpc) is 3.08. The minimum absolute atomic E-state index is 0.179. The first kappa shape index (κ1) is 18.4. The van der Waals surface area contributed by atoms with Crippen LogP contribution < -0.4 is 0 Å². The second-order valence-corrected chi connectivity index (χ2v) is 5.49. The lowest BCUT2D eigenvalue weighted by atomic mass is 9.94. The van der Waals surface area contributed by atoms with Crippen molar-refractivity contribution in [1.82, 2.24) is 15.4 Å². The van der Waals surface area contributed by atoms with Crippen molar-refractivity contribution in [3.05, 3.63) is 59.3 Å². The van der Waals surface area contributed by atoms with E-state index in [9.17, 15) is 26.3 Å². The van der Waals surface area contributed by atoms with Crippen LogP contribution in [0, 0.1) is 11.3 Å². The quantitative estimate of drug-likeness (QED) is 0.631. The van der Waals surface area contributed by atoms with Gasteiger partial charge in [-0.2, -0.15) is 31.6 Å². The number of alkyl halides is 6. The minimum atomic E-state index is -4.81. The summed E-state index contributed by atoms with van der Waals surface area (Å²) in [5, 5.41) is 18.2. The van der Waals surface area contributed by atoms with E-state index in [4.69, 9.17) is 5.26 Å². The fourth-order valence-corrected chi connectivity index (χ4v) is 2.57. The van der Waals surface area contributed by atoms with Crippen molar-refractivity contribution in [2.75, 3.05) is 0 Å². The lowest BCUT2D eigenvalue weighted by Crippen LogP contribution is -2.08. The largest absolute Gasteiger partial charge is 0.417 e. The molecular weight excluding hydrogens is 374 g/mol. The molecule has 0 unspecified atom stereocenters. The summed E-state index contributed by atoms with van der Waals surface area (Å²) in [6, 6.07) is 8.43. The first-order valence-electron chi connectivity index (χ1n) is 7.31. The molecule has 0 aliphatic heterocycles. The fourth-order valence-electron chi connectivity index (χ4n) is 2.57. The molecule has 0 fully saturated rings. The van der Waals surface area contributed by atoms with Gasteiger partial charge in [0.2, 0.25) is 0 Å². The zero-order chi connectivity index (χ0) is 19.8. The van der Waals surface area contributed by atoms with E-state index >= 15 is 0 Å². The molecule has 3 rings (SSSR count). The van der Waals surface area contributed by atoms with Crippen LogP contribution in [0.15, 0.2) is 42.5 Å². The number of aromatic nitrogens is 3. The van der Waals surface area contributed by atoms with Gasteiger partial charge in [-0.3, -0.25) is 0 Å². The molecular formula is C17H8F6N4. The highest BCUT2D eigenvalue weighted by Crippen LogP contribution is 2.41. The van der Waals surface area contributed by atoms with E-state index < -0.39 is 29.0 Å². The molecule has 0 spiro atoms. The molecule has 1 aromatic heterocycles. The van der Waals surface area contributed by atoms with Gasteiger partial charge in [-0.1, -0.05) is 23.4 Å². The third-order valence-electron chi connectivity index (χ3n) is 3.74. The maximum absolute atomic E-state index is 13.3. The molecule has 0 amide bonds. The maximum Gasteiger partial charge on any atom is 0.417 e. The number of nitrogens with zero attached hydrogens (tertiary/aromatic N) is 3. The van der Waals surface area contributed by atoms with Crippen LogP contribution in [0.1, 0.15) is 16.8 Å². The van der Waals surface area contributed by atoms with Gasteiger partial charge < -0.3 is 0 Å². The average molecular weight is 382 g/mol. The monoisotopic (exact) mass is 382 g/mol. The van der Waals surface area contributed by atoms with Gasteiger partial charge in [0.25, 0.3) is 0 Å². The molecule has 138 valence electrons. The van der Waals surface area contributed by atoms with Gasteiger partial charge in [0.05, 0.1) is 11.1 Å². The van der Waals surface area contributed by atoms with E-state index in [1.54, 1.807) is 6.07 Å². The fraction of sp³-hybridized carbons (Fsp3) is 0.118. The Labute approximate surface area is 148 Å². The van der Waals surface area contributed by atoms with E-state index in [2.05, 4.69) is 15.4 Å². The van der Waals surface area contributed by atoms with Gasteiger partial charge in [0.15, 0.2) is 5.69 Å². The van der Waals surface area contributed by atoms with Crippen LogP contribution in [-0.2, 0) is 12.4 Å². The Bertz CT molecular complexity index is 1030. The lowest BCUT2D eigenvalue weighted by molar-refractivity contribution is -0.137. The van der Waals surface area contributed by atoms with Crippen molar-refractivity contribution in [1.29, 1.82) is 5.26 Å². The number of nitriles is 1. The van der Waals surface area contributed by atoms with Gasteiger partial charge in [0.1, 0.15) is 11.8 Å². The molecule has 4 nitrogen and oxygen atoms in total. The summed E-state index contributed by atoms with van der Waals surface area (Å²) in [6.45, 7) is 0. The summed E-state index contributed by atoms with van der Waals surface area (Å²) < 4.78 is 79.7. The Hall–Kier alpha value is -3.35. The SMILES string of the molecule is N#Cc1[nH]nnc1-c1cc(-c2ccccc2C(F)(F)F)cc(C(F)(F)F)c1. The Balaban J connectivity index is 2.30. The summed E-state index contributed by atoms with van der Waals surface area (Å²) in [4.78, 5) is 0. The van der Waals surface area contributed by atoms with Crippen molar-refractivity contribution >= 4 is 0 Å². The number of halogens is 6. The number of H-pyrrole nitrogens is 1. The highest BCUT2D eigenvalue weighted by molar-refractivity contribution is 5.76. The van der Waals surface area contributed by atoms with Crippen molar-refractivity contribution in [2.24, 2.45) is 0 Å². The predicted molar refractivity (Wildman–Crippen MR) is 82.0 cm³/mol. The van der Waals surface area contributed by atoms with Crippen LogP contribution in [0.25, 0.3) is 22.4 Å². The summed E-state index contributed by atoms with van der Waals surface area (Å²) >= 11 is 0. The van der Waals surface area contributed by atoms with Gasteiger partial charge in [0, 0.05) is 5.56 Å². The highest BCUT2D eigenvalue weighted by atomic mass is 19.4. The molecule has 0 radical (unpaired) electrons. The Morgan fingerprint density at radius 1 is 0.889 bits per heavy atom. The maximum atomic E-state index is 13.3. The zero-order valence-electron chi connectivity index (χ0n) is 13.2. The van der Waals surface area contributed by atoms with Crippen LogP contribution >= 0.6 is 0 Å². The first-order chi connectivity index (χ1) is 12.6. The predicted octanol–water partition coefficient (Wildman–Crippen LogP) is 5.05. The first-order valence-corrected chi connectivity index (χ1v) is 7.31. The van der Waals surface area contributed by atoms with E-state index in [0.29, 0.717) is 12.1 Å². The van der Waals surface area contributed by atoms with E-state index in [-0.39, 0.29) is 22.5 Å². The third-order valence-corrected chi connectivity index (χ3v) is 3.74. The van der Waals surface area contributed by atoms with Gasteiger partial charge in [-0.25, -0.2) is 5.10 Å². The Morgan fingerprint density at radius 3 is 2.19 bits per heavy atom. The molecule has 3 aromatic rings. The van der Waals surface area contributed by atoms with Crippen molar-refractivity contribution < 1.29 is 26.3 Å². The standard InChI is InChI=1S/C17H8F6N4/c18-16(19,20)11-6-9(12-3-1-2-4-13(12)17(21,22)23)5-10(7-11)15-14(8-24)25-27-26-15/h1-7H,(H,25,26,27). The van der Waals surface area contributed by atoms with E-state index in [1.807, 2.05) is 0 Å². The third kappa shape index (κ3) is 3.62. The molecule has 0 bridgehead atoms. The van der Waals surface area contributed by atoms with Gasteiger partial charge in [-0.15, -0.1) is 5.10 Å². The zero-order valence-corrected chi connectivity index (χ0v) is 13.2. The topological polar surface area (TPSA) is 65.4 Å². The molecule has 0 aliphatic carbocycles. The lowest BCUT2D eigenvalue weighted by Gasteiger charge is -2.16. The van der Waals surface area contributed by atoms with Crippen LogP contribution in [0.2, 0.25) is 0 Å². The number of aromatic amines is 1. The molecule has 0 aliphatic rings. The molecule has 0 saturated carbocycles. The van der Waals surface area contributed by atoms with Gasteiger partial charge >= 0.3 is 12.4 Å². The van der Waals surface area contributed by atoms with Crippen molar-refractivity contribution in [3.63, 3.8) is 0 Å². The highest BCUT2D eigenvalue weighted by Gasteiger charge is 2.35. The molecule has 10 heteroatoms. The second kappa shape index (κ2) is 6.42. The molecule has 0 saturated heterocycles. The summed E-state index contributed by atoms with van der Waals surface area (Å²) in [7, 11) is 0. The number of hydrogen-bond donors (Lipinski definition) is 1. The Morgan fingerprint density at radius 2 is 1.56 bits per heavy atom. The van der Waals surface area contributed by atoms with Crippen LogP contribution in [-0.4, -0.2) is 15.4 Å². The normalized spacial score (nSPS) is 12.0. The smallest absolute Gasteiger partial charge is 0.247 e. The van der Waals surface area contributed by atoms with E-state index in [1.165, 1.54) is 6.07 Å². The minimum Gasteiger partial charge on any atom is -0.247 e.